The predicted molar refractivity (Wildman–Crippen MR) is 83.5 cm³/mol. The molecule has 0 bridgehead atoms. The van der Waals surface area contributed by atoms with Gasteiger partial charge < -0.3 is 13.5 Å². The Labute approximate surface area is 132 Å². The van der Waals surface area contributed by atoms with Crippen LogP contribution in [0.1, 0.15) is 34.6 Å². The van der Waals surface area contributed by atoms with Gasteiger partial charge in [0.2, 0.25) is 0 Å². The van der Waals surface area contributed by atoms with E-state index in [0.29, 0.717) is 0 Å². The first-order valence-electron chi connectivity index (χ1n) is 7.24. The third-order valence-electron chi connectivity index (χ3n) is 2.84. The zero-order chi connectivity index (χ0) is 18.0. The van der Waals surface area contributed by atoms with Crippen LogP contribution in [0.25, 0.3) is 0 Å². The van der Waals surface area contributed by atoms with Crippen molar-refractivity contribution in [3.63, 3.8) is 0 Å². The largest absolute Gasteiger partial charge is 0.428 e. The number of hydrogen-bond acceptors (Lipinski definition) is 4. The van der Waals surface area contributed by atoms with E-state index in [0.717, 1.165) is 0 Å². The zero-order valence-corrected chi connectivity index (χ0v) is 16.5. The zero-order valence-electron chi connectivity index (χ0n) is 14.6. The molecular formula is C13H28F3O4PSi. The maximum atomic E-state index is 14.1. The monoisotopic (exact) mass is 364 g/mol. The van der Waals surface area contributed by atoms with E-state index in [4.69, 9.17) is 13.5 Å². The summed E-state index contributed by atoms with van der Waals surface area (Å²) in [5.74, 6) is 0. The maximum absolute atomic E-state index is 14.1. The molecular weight excluding hydrogens is 336 g/mol. The molecule has 0 N–H and O–H groups in total. The van der Waals surface area contributed by atoms with Crippen LogP contribution in [0, 0.1) is 5.41 Å². The lowest BCUT2D eigenvalue weighted by Gasteiger charge is -2.50. The van der Waals surface area contributed by atoms with Crippen molar-refractivity contribution in [2.45, 2.75) is 65.8 Å². The van der Waals surface area contributed by atoms with Crippen molar-refractivity contribution in [3.8, 4) is 0 Å². The van der Waals surface area contributed by atoms with Gasteiger partial charge in [0.1, 0.15) is 0 Å². The van der Waals surface area contributed by atoms with Crippen LogP contribution >= 0.6 is 7.60 Å². The fourth-order valence-electron chi connectivity index (χ4n) is 2.26. The minimum absolute atomic E-state index is 0.166. The van der Waals surface area contributed by atoms with E-state index in [1.165, 1.54) is 34.6 Å². The SMILES string of the molecule is CCOP(=O)(OCC)C(O[Si](C)(C)C)(C(C)(C)C)C(F)(F)F. The molecule has 9 heteroatoms. The average molecular weight is 364 g/mol. The third kappa shape index (κ3) is 4.35. The molecule has 0 aliphatic carbocycles. The molecule has 0 fully saturated rings. The van der Waals surface area contributed by atoms with Gasteiger partial charge in [-0.25, -0.2) is 0 Å². The van der Waals surface area contributed by atoms with Crippen LogP contribution in [0.2, 0.25) is 19.6 Å². The Balaban J connectivity index is 6.57. The summed E-state index contributed by atoms with van der Waals surface area (Å²) in [5, 5.41) is -3.01. The van der Waals surface area contributed by atoms with Crippen LogP contribution in [0.4, 0.5) is 13.2 Å². The summed E-state index contributed by atoms with van der Waals surface area (Å²) in [5.41, 5.74) is -1.54. The average Bonchev–Trinajstić information content (AvgIpc) is 2.21. The van der Waals surface area contributed by atoms with Crippen molar-refractivity contribution in [1.82, 2.24) is 0 Å². The molecule has 0 radical (unpaired) electrons. The Morgan fingerprint density at radius 1 is 0.955 bits per heavy atom. The number of halogens is 3. The van der Waals surface area contributed by atoms with Crippen LogP contribution < -0.4 is 0 Å². The maximum Gasteiger partial charge on any atom is 0.428 e. The van der Waals surface area contributed by atoms with Gasteiger partial charge in [-0.1, -0.05) is 20.8 Å². The van der Waals surface area contributed by atoms with Crippen LogP contribution in [0.15, 0.2) is 0 Å². The summed E-state index contributed by atoms with van der Waals surface area (Å²) in [4.78, 5) is 0. The van der Waals surface area contributed by atoms with Crippen LogP contribution in [-0.2, 0) is 18.0 Å². The molecule has 4 nitrogen and oxygen atoms in total. The van der Waals surface area contributed by atoms with Crippen LogP contribution in [0.5, 0.6) is 0 Å². The molecule has 0 aromatic heterocycles. The van der Waals surface area contributed by atoms with Crippen molar-refractivity contribution in [2.75, 3.05) is 13.2 Å². The van der Waals surface area contributed by atoms with Gasteiger partial charge in [0.05, 0.1) is 13.2 Å². The number of hydrogen-bond donors (Lipinski definition) is 0. The summed E-state index contributed by atoms with van der Waals surface area (Å²) < 4.78 is 71.1. The van der Waals surface area contributed by atoms with Gasteiger partial charge in [0.15, 0.2) is 8.32 Å². The first-order valence-corrected chi connectivity index (χ1v) is 12.2. The van der Waals surface area contributed by atoms with Crippen LogP contribution in [-0.4, -0.2) is 33.0 Å². The Morgan fingerprint density at radius 3 is 1.50 bits per heavy atom. The minimum Gasteiger partial charge on any atom is -0.394 e. The second-order valence-corrected chi connectivity index (χ2v) is 13.5. The minimum atomic E-state index is -4.91. The third-order valence-corrected chi connectivity index (χ3v) is 6.91. The number of rotatable bonds is 7. The Morgan fingerprint density at radius 2 is 1.32 bits per heavy atom. The van der Waals surface area contributed by atoms with Gasteiger partial charge in [-0.15, -0.1) is 0 Å². The normalized spacial score (nSPS) is 17.4. The van der Waals surface area contributed by atoms with E-state index in [1.54, 1.807) is 19.6 Å². The molecule has 0 aromatic carbocycles. The Kier molecular flexibility index (Phi) is 6.97. The first-order chi connectivity index (χ1) is 9.58. The lowest BCUT2D eigenvalue weighted by Crippen LogP contribution is -2.60. The van der Waals surface area contributed by atoms with E-state index in [-0.39, 0.29) is 13.2 Å². The summed E-state index contributed by atoms with van der Waals surface area (Å²) in [6, 6.07) is 0. The lowest BCUT2D eigenvalue weighted by atomic mass is 9.88. The van der Waals surface area contributed by atoms with Crippen molar-refractivity contribution in [2.24, 2.45) is 5.41 Å². The standard InChI is InChI=1S/C13H28F3O4PSi/c1-9-18-21(17,19-10-2)12(11(3,4)5,13(14,15)16)20-22(6,7)8/h9-10H2,1-8H3. The molecule has 1 unspecified atom stereocenters. The number of alkyl halides is 3. The van der Waals surface area contributed by atoms with Crippen molar-refractivity contribution in [1.29, 1.82) is 0 Å². The van der Waals surface area contributed by atoms with Gasteiger partial charge in [0, 0.05) is 5.41 Å². The van der Waals surface area contributed by atoms with E-state index >= 15 is 0 Å². The molecule has 0 heterocycles. The van der Waals surface area contributed by atoms with Crippen molar-refractivity contribution >= 4 is 15.9 Å². The Bertz CT molecular complexity index is 389. The van der Waals surface area contributed by atoms with Crippen molar-refractivity contribution < 1.29 is 31.2 Å². The lowest BCUT2D eigenvalue weighted by molar-refractivity contribution is -0.255. The molecule has 1 atom stereocenters. The second-order valence-electron chi connectivity index (χ2n) is 6.94. The molecule has 0 saturated heterocycles. The molecule has 22 heavy (non-hydrogen) atoms. The topological polar surface area (TPSA) is 44.8 Å². The van der Waals surface area contributed by atoms with E-state index in [2.05, 4.69) is 0 Å². The second kappa shape index (κ2) is 6.93. The summed E-state index contributed by atoms with van der Waals surface area (Å²) in [6.45, 7) is 11.5. The molecule has 134 valence electrons. The summed E-state index contributed by atoms with van der Waals surface area (Å²) in [7, 11) is -7.34. The summed E-state index contributed by atoms with van der Waals surface area (Å²) >= 11 is 0. The highest BCUT2D eigenvalue weighted by Gasteiger charge is 2.75. The van der Waals surface area contributed by atoms with E-state index in [1.807, 2.05) is 0 Å². The van der Waals surface area contributed by atoms with Crippen LogP contribution in [0.3, 0.4) is 0 Å². The summed E-state index contributed by atoms with van der Waals surface area (Å²) in [6.07, 6.45) is -4.91. The Hall–Kier alpha value is 0.117. The molecule has 0 amide bonds. The molecule has 0 rings (SSSR count). The highest BCUT2D eigenvalue weighted by Crippen LogP contribution is 2.72. The molecule has 0 aliphatic rings. The van der Waals surface area contributed by atoms with Crippen molar-refractivity contribution in [3.05, 3.63) is 0 Å². The molecule has 0 saturated carbocycles. The fraction of sp³-hybridized carbons (Fsp3) is 1.00. The van der Waals surface area contributed by atoms with E-state index in [9.17, 15) is 17.7 Å². The van der Waals surface area contributed by atoms with Gasteiger partial charge in [-0.3, -0.25) is 4.57 Å². The fourth-order valence-corrected chi connectivity index (χ4v) is 7.09. The van der Waals surface area contributed by atoms with E-state index < -0.39 is 32.8 Å². The highest BCUT2D eigenvalue weighted by atomic mass is 31.2. The predicted octanol–water partition coefficient (Wildman–Crippen LogP) is 5.41. The van der Waals surface area contributed by atoms with Gasteiger partial charge in [0.25, 0.3) is 5.34 Å². The highest BCUT2D eigenvalue weighted by molar-refractivity contribution is 7.55. The molecule has 0 aromatic rings. The molecule has 0 aliphatic heterocycles. The van der Waals surface area contributed by atoms with Gasteiger partial charge >= 0.3 is 13.8 Å². The van der Waals surface area contributed by atoms with Gasteiger partial charge in [-0.05, 0) is 33.5 Å². The molecule has 0 spiro atoms. The quantitative estimate of drug-likeness (QED) is 0.448. The smallest absolute Gasteiger partial charge is 0.394 e. The van der Waals surface area contributed by atoms with Gasteiger partial charge in [-0.2, -0.15) is 13.2 Å². The first kappa shape index (κ1) is 22.1.